The van der Waals surface area contributed by atoms with Gasteiger partial charge < -0.3 is 18.9 Å². The van der Waals surface area contributed by atoms with Crippen LogP contribution in [0.4, 0.5) is 0 Å². The number of ketones is 2. The minimum Gasteiger partial charge on any atom is -0.496 e. The molecule has 0 aliphatic heterocycles. The molecule has 2 aromatic carbocycles. The van der Waals surface area contributed by atoms with Crippen LogP contribution in [0.2, 0.25) is 0 Å². The van der Waals surface area contributed by atoms with Crippen molar-refractivity contribution in [1.82, 2.24) is 0 Å². The van der Waals surface area contributed by atoms with Crippen LogP contribution < -0.4 is 18.9 Å². The topological polar surface area (TPSA) is 88.1 Å². The number of Topliss-reactive ketones (excluding diaryl/α,β-unsaturated/α-hetero) is 2. The van der Waals surface area contributed by atoms with Crippen LogP contribution in [0.25, 0.3) is 0 Å². The van der Waals surface area contributed by atoms with Crippen LogP contribution in [0.1, 0.15) is 62.3 Å². The van der Waals surface area contributed by atoms with Gasteiger partial charge in [-0.25, -0.2) is 0 Å². The Bertz CT molecular complexity index is 1470. The fraction of sp³-hybridized carbons (Fsp3) is 0.389. The van der Waals surface area contributed by atoms with Gasteiger partial charge in [0, 0.05) is 0 Å². The van der Waals surface area contributed by atoms with Crippen molar-refractivity contribution in [3.8, 4) is 23.0 Å². The summed E-state index contributed by atoms with van der Waals surface area (Å²) in [6, 6.07) is 10.5. The van der Waals surface area contributed by atoms with Crippen molar-refractivity contribution in [3.63, 3.8) is 0 Å². The molecule has 0 saturated heterocycles. The summed E-state index contributed by atoms with van der Waals surface area (Å²) in [6.07, 6.45) is 7.62. The minimum absolute atomic E-state index is 0.172. The molecule has 2 aliphatic rings. The summed E-state index contributed by atoms with van der Waals surface area (Å²) < 4.78 is 36.7. The second kappa shape index (κ2) is 12.6. The molecule has 2 unspecified atom stereocenters. The van der Waals surface area contributed by atoms with E-state index in [4.69, 9.17) is 18.9 Å². The standard InChI is InChI=1S/C36H42O7P/c1-21-27(17-19-35(3,4)31(21)33(37)29-23(40-7)13-11-14-24(29)41-8)44(39)28-18-20-36(5,6)32(22(28)2)34(38)30-25(42-9)15-12-16-26(30)43-10/h11-20,31-32H,1-10H3/q+1. The molecule has 232 valence electrons. The van der Waals surface area contributed by atoms with E-state index in [9.17, 15) is 14.2 Å². The van der Waals surface area contributed by atoms with Gasteiger partial charge in [-0.15, -0.1) is 0 Å². The first-order valence-corrected chi connectivity index (χ1v) is 15.8. The zero-order valence-corrected chi connectivity index (χ0v) is 28.1. The maximum atomic E-state index is 14.5. The third-order valence-electron chi connectivity index (χ3n) is 8.81. The van der Waals surface area contributed by atoms with E-state index < -0.39 is 30.5 Å². The first-order chi connectivity index (χ1) is 20.7. The Hall–Kier alpha value is -3.96. The molecule has 2 aromatic rings. The molecule has 2 aliphatic carbocycles. The van der Waals surface area contributed by atoms with E-state index in [1.807, 2.05) is 65.8 Å². The molecule has 0 amide bonds. The van der Waals surface area contributed by atoms with E-state index in [1.165, 1.54) is 28.4 Å². The number of allylic oxidation sites excluding steroid dienone is 8. The van der Waals surface area contributed by atoms with E-state index in [0.717, 1.165) is 0 Å². The van der Waals surface area contributed by atoms with Gasteiger partial charge in [0.1, 0.15) is 34.1 Å². The molecule has 8 heteroatoms. The molecular formula is C36H42O7P+. The van der Waals surface area contributed by atoms with Crippen LogP contribution in [-0.2, 0) is 4.57 Å². The molecule has 0 aromatic heterocycles. The van der Waals surface area contributed by atoms with Crippen molar-refractivity contribution >= 4 is 19.4 Å². The second-order valence-corrected chi connectivity index (χ2v) is 14.0. The van der Waals surface area contributed by atoms with E-state index in [1.54, 1.807) is 36.4 Å². The van der Waals surface area contributed by atoms with Gasteiger partial charge in [0.2, 0.25) is 0 Å². The lowest BCUT2D eigenvalue weighted by Crippen LogP contribution is -2.34. The molecule has 2 atom stereocenters. The Balaban J connectivity index is 1.83. The second-order valence-electron chi connectivity index (χ2n) is 12.4. The van der Waals surface area contributed by atoms with Crippen LogP contribution in [0.15, 0.2) is 82.5 Å². The Kier molecular flexibility index (Phi) is 9.41. The highest BCUT2D eigenvalue weighted by Gasteiger charge is 2.48. The van der Waals surface area contributed by atoms with Gasteiger partial charge >= 0.3 is 7.80 Å². The van der Waals surface area contributed by atoms with E-state index in [-0.39, 0.29) is 11.6 Å². The summed E-state index contributed by atoms with van der Waals surface area (Å²) in [4.78, 5) is 28.6. The summed E-state index contributed by atoms with van der Waals surface area (Å²) in [6.45, 7) is 11.7. The zero-order chi connectivity index (χ0) is 32.6. The molecular weight excluding hydrogens is 575 g/mol. The monoisotopic (exact) mass is 617 g/mol. The van der Waals surface area contributed by atoms with E-state index in [2.05, 4.69) is 0 Å². The smallest absolute Gasteiger partial charge is 0.415 e. The predicted octanol–water partition coefficient (Wildman–Crippen LogP) is 8.59. The number of benzene rings is 2. The largest absolute Gasteiger partial charge is 0.496 e. The van der Waals surface area contributed by atoms with Crippen molar-refractivity contribution in [1.29, 1.82) is 0 Å². The first-order valence-electron chi connectivity index (χ1n) is 14.5. The summed E-state index contributed by atoms with van der Waals surface area (Å²) in [5.74, 6) is 0.0951. The highest BCUT2D eigenvalue weighted by molar-refractivity contribution is 7.54. The molecule has 0 heterocycles. The van der Waals surface area contributed by atoms with Gasteiger partial charge in [0.15, 0.2) is 22.2 Å². The molecule has 0 spiro atoms. The van der Waals surface area contributed by atoms with E-state index in [0.29, 0.717) is 55.9 Å². The average Bonchev–Trinajstić information content (AvgIpc) is 2.98. The van der Waals surface area contributed by atoms with Gasteiger partial charge in [0.05, 0.1) is 40.3 Å². The number of methoxy groups -OCH3 is 4. The molecule has 0 saturated carbocycles. The SMILES string of the molecule is COc1cccc(OC)c1C(=O)C1C(C)=C([P+](=O)C2=C(C)C(C(=O)c3c(OC)cccc3OC)C(C)(C)C=C2)C=CC1(C)C. The van der Waals surface area contributed by atoms with Gasteiger partial charge in [-0.05, 0) is 72.2 Å². The van der Waals surface area contributed by atoms with Gasteiger partial charge in [0.25, 0.3) is 0 Å². The number of carbonyl (C=O) groups is 2. The Morgan fingerprint density at radius 1 is 0.614 bits per heavy atom. The average molecular weight is 618 g/mol. The number of ether oxygens (including phenoxy) is 4. The quantitative estimate of drug-likeness (QED) is 0.195. The Labute approximate surface area is 261 Å². The highest BCUT2D eigenvalue weighted by atomic mass is 31.1. The van der Waals surface area contributed by atoms with Crippen molar-refractivity contribution in [3.05, 3.63) is 93.6 Å². The van der Waals surface area contributed by atoms with Gasteiger partial charge in [-0.2, -0.15) is 0 Å². The summed E-state index contributed by atoms with van der Waals surface area (Å²) >= 11 is 0. The molecule has 0 bridgehead atoms. The Morgan fingerprint density at radius 3 is 1.18 bits per heavy atom. The lowest BCUT2D eigenvalue weighted by Gasteiger charge is -2.35. The van der Waals surface area contributed by atoms with Crippen molar-refractivity contribution in [2.75, 3.05) is 28.4 Å². The fourth-order valence-electron chi connectivity index (χ4n) is 6.59. The number of rotatable bonds is 10. The predicted molar refractivity (Wildman–Crippen MR) is 174 cm³/mol. The van der Waals surface area contributed by atoms with E-state index >= 15 is 0 Å². The summed E-state index contributed by atoms with van der Waals surface area (Å²) in [7, 11) is 3.93. The van der Waals surface area contributed by atoms with Gasteiger partial charge in [-0.3, -0.25) is 9.59 Å². The van der Waals surface area contributed by atoms with Crippen molar-refractivity contribution in [2.24, 2.45) is 22.7 Å². The minimum atomic E-state index is -2.16. The van der Waals surface area contributed by atoms with Crippen molar-refractivity contribution in [2.45, 2.75) is 41.5 Å². The first kappa shape index (κ1) is 32.9. The lowest BCUT2D eigenvalue weighted by molar-refractivity contribution is 0.0860. The fourth-order valence-corrected chi connectivity index (χ4v) is 8.16. The molecule has 44 heavy (non-hydrogen) atoms. The van der Waals surface area contributed by atoms with Crippen LogP contribution in [0, 0.1) is 22.7 Å². The molecule has 0 radical (unpaired) electrons. The Morgan fingerprint density at radius 2 is 0.909 bits per heavy atom. The maximum absolute atomic E-state index is 14.5. The molecule has 7 nitrogen and oxygen atoms in total. The van der Waals surface area contributed by atoms with Crippen LogP contribution in [0.5, 0.6) is 23.0 Å². The third-order valence-corrected chi connectivity index (χ3v) is 10.7. The highest BCUT2D eigenvalue weighted by Crippen LogP contribution is 2.56. The van der Waals surface area contributed by atoms with Crippen LogP contribution in [0.3, 0.4) is 0 Å². The summed E-state index contributed by atoms with van der Waals surface area (Å²) in [5, 5.41) is 1.15. The number of carbonyl (C=O) groups excluding carboxylic acids is 2. The van der Waals surface area contributed by atoms with Crippen LogP contribution in [-0.4, -0.2) is 40.0 Å². The third kappa shape index (κ3) is 5.66. The van der Waals surface area contributed by atoms with Crippen molar-refractivity contribution < 1.29 is 33.1 Å². The molecule has 0 fully saturated rings. The normalized spacial score (nSPS) is 20.7. The molecule has 0 N–H and O–H groups in total. The maximum Gasteiger partial charge on any atom is 0.415 e. The summed E-state index contributed by atoms with van der Waals surface area (Å²) in [5.41, 5.74) is 0.990. The number of hydrogen-bond donors (Lipinski definition) is 0. The molecule has 4 rings (SSSR count). The van der Waals surface area contributed by atoms with Gasteiger partial charge in [-0.1, -0.05) is 56.5 Å². The number of hydrogen-bond acceptors (Lipinski definition) is 7. The lowest BCUT2D eigenvalue weighted by atomic mass is 9.68. The van der Waals surface area contributed by atoms with Crippen LogP contribution >= 0.6 is 7.80 Å². The zero-order valence-electron chi connectivity index (χ0n) is 27.2.